The van der Waals surface area contributed by atoms with Crippen molar-refractivity contribution in [1.82, 2.24) is 0 Å². The van der Waals surface area contributed by atoms with Crippen molar-refractivity contribution < 1.29 is 17.6 Å². The molecule has 0 heterocycles. The van der Waals surface area contributed by atoms with Crippen LogP contribution >= 0.6 is 0 Å². The topological polar surface area (TPSA) is 0 Å². The molecule has 2 fully saturated rings. The molecule has 0 amide bonds. The first-order valence-corrected chi connectivity index (χ1v) is 15.3. The normalized spacial score (nSPS) is 23.2. The highest BCUT2D eigenvalue weighted by Gasteiger charge is 2.32. The first-order valence-electron chi connectivity index (χ1n) is 15.3. The Labute approximate surface area is 243 Å². The van der Waals surface area contributed by atoms with Crippen LogP contribution in [0.15, 0.2) is 60.7 Å². The second kappa shape index (κ2) is 13.4. The molecule has 3 aromatic rings. The third-order valence-electron chi connectivity index (χ3n) is 9.75. The molecule has 2 aliphatic carbocycles. The number of rotatable bonds is 8. The first kappa shape index (κ1) is 29.7. The van der Waals surface area contributed by atoms with Crippen molar-refractivity contribution in [3.05, 3.63) is 95.1 Å². The van der Waals surface area contributed by atoms with Crippen LogP contribution in [0.1, 0.15) is 88.2 Å². The number of hydrogen-bond acceptors (Lipinski definition) is 0. The van der Waals surface area contributed by atoms with Gasteiger partial charge in [0, 0.05) is 11.1 Å². The van der Waals surface area contributed by atoms with Crippen molar-refractivity contribution in [2.45, 2.75) is 83.4 Å². The van der Waals surface area contributed by atoms with Gasteiger partial charge in [-0.25, -0.2) is 17.6 Å². The average Bonchev–Trinajstić information content (AvgIpc) is 3.01. The first-order chi connectivity index (χ1) is 19.9. The Morgan fingerprint density at radius 2 is 1.20 bits per heavy atom. The molecule has 0 atom stereocenters. The summed E-state index contributed by atoms with van der Waals surface area (Å²) in [5.74, 6) is -1.15. The van der Waals surface area contributed by atoms with Crippen LogP contribution in [-0.2, 0) is 6.32 Å². The Balaban J connectivity index is 1.22. The molecule has 5 rings (SSSR count). The van der Waals surface area contributed by atoms with Crippen molar-refractivity contribution in [2.75, 3.05) is 0 Å². The Morgan fingerprint density at radius 1 is 0.659 bits per heavy atom. The zero-order valence-corrected chi connectivity index (χ0v) is 24.0. The summed E-state index contributed by atoms with van der Waals surface area (Å²) in [7, 11) is 5.46. The van der Waals surface area contributed by atoms with Gasteiger partial charge in [0.2, 0.25) is 0 Å². The fourth-order valence-corrected chi connectivity index (χ4v) is 7.25. The van der Waals surface area contributed by atoms with E-state index in [4.69, 9.17) is 7.85 Å². The maximum absolute atomic E-state index is 15.4. The Kier molecular flexibility index (Phi) is 9.73. The predicted molar refractivity (Wildman–Crippen MR) is 161 cm³/mol. The molecule has 2 radical (unpaired) electrons. The third kappa shape index (κ3) is 6.50. The van der Waals surface area contributed by atoms with Gasteiger partial charge in [-0.05, 0) is 104 Å². The zero-order chi connectivity index (χ0) is 28.9. The lowest BCUT2D eigenvalue weighted by atomic mass is 9.68. The fraction of sp³-hybridized carbons (Fsp3) is 0.444. The van der Waals surface area contributed by atoms with E-state index < -0.39 is 23.3 Å². The predicted octanol–water partition coefficient (Wildman–Crippen LogP) is 10.7. The molecular formula is C36H39BF4. The molecular weight excluding hydrogens is 519 g/mol. The highest BCUT2D eigenvalue weighted by Crippen LogP contribution is 2.45. The lowest BCUT2D eigenvalue weighted by molar-refractivity contribution is 0.156. The van der Waals surface area contributed by atoms with E-state index in [1.165, 1.54) is 50.7 Å². The lowest BCUT2D eigenvalue weighted by Gasteiger charge is -2.38. The van der Waals surface area contributed by atoms with E-state index >= 15 is 8.78 Å². The van der Waals surface area contributed by atoms with E-state index in [2.05, 4.69) is 19.1 Å². The maximum atomic E-state index is 15.4. The van der Waals surface area contributed by atoms with Crippen LogP contribution in [0.2, 0.25) is 0 Å². The molecule has 0 N–H and O–H groups in total. The van der Waals surface area contributed by atoms with E-state index in [1.54, 1.807) is 36.4 Å². The van der Waals surface area contributed by atoms with Gasteiger partial charge >= 0.3 is 0 Å². The van der Waals surface area contributed by atoms with Crippen molar-refractivity contribution in [3.8, 4) is 22.3 Å². The lowest BCUT2D eigenvalue weighted by Crippen LogP contribution is -2.25. The van der Waals surface area contributed by atoms with Crippen LogP contribution < -0.4 is 0 Å². The van der Waals surface area contributed by atoms with Crippen molar-refractivity contribution in [1.29, 1.82) is 0 Å². The zero-order valence-electron chi connectivity index (χ0n) is 24.0. The minimum atomic E-state index is -0.968. The van der Waals surface area contributed by atoms with Crippen LogP contribution in [0.5, 0.6) is 0 Å². The smallest absolute Gasteiger partial charge is 0.166 e. The van der Waals surface area contributed by atoms with E-state index in [-0.39, 0.29) is 28.9 Å². The second-order valence-electron chi connectivity index (χ2n) is 12.1. The van der Waals surface area contributed by atoms with E-state index in [0.29, 0.717) is 22.6 Å². The number of halogens is 4. The summed E-state index contributed by atoms with van der Waals surface area (Å²) in [4.78, 5) is 0. The van der Waals surface area contributed by atoms with Crippen molar-refractivity contribution in [3.63, 3.8) is 0 Å². The molecule has 0 aliphatic heterocycles. The minimum Gasteiger partial charge on any atom is -0.203 e. The van der Waals surface area contributed by atoms with E-state index in [1.807, 2.05) is 0 Å². The van der Waals surface area contributed by atoms with Gasteiger partial charge in [0.05, 0.1) is 7.85 Å². The van der Waals surface area contributed by atoms with Gasteiger partial charge < -0.3 is 0 Å². The molecule has 5 heteroatoms. The molecule has 0 unspecified atom stereocenters. The molecule has 0 nitrogen and oxygen atoms in total. The fourth-order valence-electron chi connectivity index (χ4n) is 7.25. The maximum Gasteiger partial charge on any atom is 0.166 e. The van der Waals surface area contributed by atoms with Crippen LogP contribution in [0.4, 0.5) is 17.6 Å². The summed E-state index contributed by atoms with van der Waals surface area (Å²) in [6, 6.07) is 12.7. The molecule has 0 aromatic heterocycles. The highest BCUT2D eigenvalue weighted by atomic mass is 19.2. The van der Waals surface area contributed by atoms with Crippen molar-refractivity contribution >= 4 is 7.85 Å². The van der Waals surface area contributed by atoms with Crippen LogP contribution in [-0.4, -0.2) is 7.85 Å². The molecule has 3 aromatic carbocycles. The molecule has 0 bridgehead atoms. The van der Waals surface area contributed by atoms with Crippen molar-refractivity contribution in [2.24, 2.45) is 17.8 Å². The number of benzene rings is 3. The Morgan fingerprint density at radius 3 is 1.76 bits per heavy atom. The molecule has 214 valence electrons. The summed E-state index contributed by atoms with van der Waals surface area (Å²) >= 11 is 0. The summed E-state index contributed by atoms with van der Waals surface area (Å²) in [5, 5.41) is 0. The molecule has 0 spiro atoms. The average molecular weight is 559 g/mol. The summed E-state index contributed by atoms with van der Waals surface area (Å²) in [6.07, 6.45) is 16.1. The SMILES string of the molecule is [B]Cc1ccc(-c2ccc(-c3ccc(C4CCC(C5CCC(CC/C=C/C)CC5)CC4)c(F)c3F)cc2)c(F)c1F. The largest absolute Gasteiger partial charge is 0.203 e. The summed E-state index contributed by atoms with van der Waals surface area (Å²) in [5.41, 5.74) is 1.79. The van der Waals surface area contributed by atoms with Gasteiger partial charge in [-0.15, -0.1) is 0 Å². The highest BCUT2D eigenvalue weighted by molar-refractivity contribution is 6.08. The third-order valence-corrected chi connectivity index (χ3v) is 9.75. The number of hydrogen-bond donors (Lipinski definition) is 0. The van der Waals surface area contributed by atoms with Crippen LogP contribution in [0.3, 0.4) is 0 Å². The van der Waals surface area contributed by atoms with Gasteiger partial charge in [0.1, 0.15) is 0 Å². The van der Waals surface area contributed by atoms with Gasteiger partial charge in [0.25, 0.3) is 0 Å². The van der Waals surface area contributed by atoms with E-state index in [0.717, 1.165) is 37.5 Å². The van der Waals surface area contributed by atoms with Gasteiger partial charge in [-0.3, -0.25) is 0 Å². The molecule has 41 heavy (non-hydrogen) atoms. The van der Waals surface area contributed by atoms with Crippen LogP contribution in [0, 0.1) is 41.0 Å². The quantitative estimate of drug-likeness (QED) is 0.147. The Bertz CT molecular complexity index is 1350. The van der Waals surface area contributed by atoms with Gasteiger partial charge in [-0.2, -0.15) is 0 Å². The van der Waals surface area contributed by atoms with Gasteiger partial charge in [0.15, 0.2) is 23.3 Å². The minimum absolute atomic E-state index is 0.0451. The molecule has 2 aliphatic rings. The standard InChI is InChI=1S/C36H39BF4/c1-2-3-4-5-23-6-8-24(9-7-23)25-10-12-26(13-11-25)31-20-21-32(36(41)35(31)40)28-16-14-27(15-17-28)30-19-18-29(22-37)33(38)34(30)39/h2-3,14-21,23-26H,4-13,22H2,1H3/b3-2+. The van der Waals surface area contributed by atoms with Crippen LogP contribution in [0.25, 0.3) is 22.3 Å². The van der Waals surface area contributed by atoms with E-state index in [9.17, 15) is 8.78 Å². The second-order valence-corrected chi connectivity index (χ2v) is 12.1. The molecule has 0 saturated heterocycles. The van der Waals surface area contributed by atoms with Gasteiger partial charge in [-0.1, -0.05) is 79.8 Å². The monoisotopic (exact) mass is 558 g/mol. The number of allylic oxidation sites excluding steroid dienone is 2. The molecule has 2 saturated carbocycles. The summed E-state index contributed by atoms with van der Waals surface area (Å²) < 4.78 is 59.5. The summed E-state index contributed by atoms with van der Waals surface area (Å²) in [6.45, 7) is 2.08. The Hall–Kier alpha value is -2.82.